The van der Waals surface area contributed by atoms with Crippen molar-refractivity contribution in [3.8, 4) is 0 Å². The molecule has 0 aromatic heterocycles. The van der Waals surface area contributed by atoms with Crippen LogP contribution < -0.4 is 10.6 Å². The van der Waals surface area contributed by atoms with Gasteiger partial charge in [-0.2, -0.15) is 0 Å². The summed E-state index contributed by atoms with van der Waals surface area (Å²) < 4.78 is 11.0. The maximum absolute atomic E-state index is 5.61. The van der Waals surface area contributed by atoms with Crippen molar-refractivity contribution < 1.29 is 9.47 Å². The maximum atomic E-state index is 5.61. The van der Waals surface area contributed by atoms with E-state index in [9.17, 15) is 0 Å². The quantitative estimate of drug-likeness (QED) is 0.399. The molecule has 2 aliphatic heterocycles. The van der Waals surface area contributed by atoms with E-state index in [1.54, 1.807) is 0 Å². The average molecular weight is 326 g/mol. The van der Waals surface area contributed by atoms with Crippen LogP contribution in [-0.2, 0) is 9.47 Å². The molecule has 2 aliphatic rings. The van der Waals surface area contributed by atoms with Crippen LogP contribution >= 0.6 is 0 Å². The molecule has 0 aromatic carbocycles. The van der Waals surface area contributed by atoms with Crippen molar-refractivity contribution in [3.05, 3.63) is 0 Å². The van der Waals surface area contributed by atoms with Crippen LogP contribution in [0.2, 0.25) is 0 Å². The SMILES string of the molecule is CCNC(=NCC1(N2CCCC2)CCOCC1)NCCOCC. The molecule has 2 rings (SSSR count). The van der Waals surface area contributed by atoms with E-state index < -0.39 is 0 Å². The fourth-order valence-electron chi connectivity index (χ4n) is 3.47. The second kappa shape index (κ2) is 10.1. The number of guanidine groups is 1. The Hall–Kier alpha value is -0.850. The Bertz CT molecular complexity index is 351. The molecule has 0 radical (unpaired) electrons. The summed E-state index contributed by atoms with van der Waals surface area (Å²) in [6, 6.07) is 0. The molecule has 134 valence electrons. The molecular formula is C17H34N4O2. The van der Waals surface area contributed by atoms with E-state index >= 15 is 0 Å². The zero-order valence-corrected chi connectivity index (χ0v) is 14.9. The lowest BCUT2D eigenvalue weighted by atomic mass is 9.88. The fourth-order valence-corrected chi connectivity index (χ4v) is 3.47. The number of nitrogens with one attached hydrogen (secondary N) is 2. The average Bonchev–Trinajstić information content (AvgIpc) is 3.12. The molecule has 0 aliphatic carbocycles. The third-order valence-electron chi connectivity index (χ3n) is 4.82. The highest BCUT2D eigenvalue weighted by molar-refractivity contribution is 5.79. The molecule has 0 bridgehead atoms. The van der Waals surface area contributed by atoms with Gasteiger partial charge in [-0.15, -0.1) is 0 Å². The van der Waals surface area contributed by atoms with Gasteiger partial charge >= 0.3 is 0 Å². The Morgan fingerprint density at radius 1 is 1.17 bits per heavy atom. The van der Waals surface area contributed by atoms with Gasteiger partial charge < -0.3 is 20.1 Å². The predicted octanol–water partition coefficient (Wildman–Crippen LogP) is 1.22. The molecule has 0 spiro atoms. The summed E-state index contributed by atoms with van der Waals surface area (Å²) in [5.41, 5.74) is 0.191. The van der Waals surface area contributed by atoms with Crippen LogP contribution in [0.5, 0.6) is 0 Å². The molecule has 0 aromatic rings. The lowest BCUT2D eigenvalue weighted by Crippen LogP contribution is -2.54. The third kappa shape index (κ3) is 5.62. The van der Waals surface area contributed by atoms with Crippen LogP contribution in [0.25, 0.3) is 0 Å². The molecule has 6 heteroatoms. The molecule has 2 heterocycles. The summed E-state index contributed by atoms with van der Waals surface area (Å²) in [7, 11) is 0. The summed E-state index contributed by atoms with van der Waals surface area (Å²) in [6.07, 6.45) is 4.82. The first kappa shape index (κ1) is 18.5. The van der Waals surface area contributed by atoms with Crippen molar-refractivity contribution in [3.63, 3.8) is 0 Å². The van der Waals surface area contributed by atoms with Gasteiger partial charge in [-0.05, 0) is 52.6 Å². The lowest BCUT2D eigenvalue weighted by Gasteiger charge is -2.43. The Kier molecular flexibility index (Phi) is 8.12. The molecule has 23 heavy (non-hydrogen) atoms. The summed E-state index contributed by atoms with van der Waals surface area (Å²) in [6.45, 7) is 12.3. The lowest BCUT2D eigenvalue weighted by molar-refractivity contribution is -0.0139. The zero-order chi connectivity index (χ0) is 16.4. The molecule has 2 fully saturated rings. The highest BCUT2D eigenvalue weighted by Gasteiger charge is 2.39. The molecule has 0 unspecified atom stereocenters. The second-order valence-electron chi connectivity index (χ2n) is 6.35. The summed E-state index contributed by atoms with van der Waals surface area (Å²) in [4.78, 5) is 7.55. The van der Waals surface area contributed by atoms with Gasteiger partial charge in [0.15, 0.2) is 5.96 Å². The zero-order valence-electron chi connectivity index (χ0n) is 14.9. The van der Waals surface area contributed by atoms with Crippen LogP contribution in [0.15, 0.2) is 4.99 Å². The minimum absolute atomic E-state index is 0.191. The first-order chi connectivity index (χ1) is 11.3. The van der Waals surface area contributed by atoms with Crippen molar-refractivity contribution in [2.75, 3.05) is 59.2 Å². The minimum Gasteiger partial charge on any atom is -0.381 e. The van der Waals surface area contributed by atoms with Gasteiger partial charge in [-0.25, -0.2) is 0 Å². The topological polar surface area (TPSA) is 58.1 Å². The maximum Gasteiger partial charge on any atom is 0.191 e. The van der Waals surface area contributed by atoms with Gasteiger partial charge in [-0.1, -0.05) is 0 Å². The normalized spacial score (nSPS) is 22.3. The first-order valence-corrected chi connectivity index (χ1v) is 9.23. The van der Waals surface area contributed by atoms with E-state index in [0.29, 0.717) is 6.61 Å². The van der Waals surface area contributed by atoms with Crippen molar-refractivity contribution >= 4 is 5.96 Å². The van der Waals surface area contributed by atoms with Gasteiger partial charge in [0.25, 0.3) is 0 Å². The van der Waals surface area contributed by atoms with Gasteiger partial charge in [0, 0.05) is 38.4 Å². The molecule has 2 N–H and O–H groups in total. The van der Waals surface area contributed by atoms with Crippen LogP contribution in [0.1, 0.15) is 39.5 Å². The number of nitrogens with zero attached hydrogens (tertiary/aromatic N) is 2. The van der Waals surface area contributed by atoms with Crippen molar-refractivity contribution in [2.24, 2.45) is 4.99 Å². The monoisotopic (exact) mass is 326 g/mol. The Morgan fingerprint density at radius 3 is 2.57 bits per heavy atom. The standard InChI is InChI=1S/C17H34N4O2/c1-3-18-16(19-9-14-22-4-2)20-15-17(7-12-23-13-8-17)21-10-5-6-11-21/h3-15H2,1-2H3,(H2,18,19,20). The smallest absolute Gasteiger partial charge is 0.191 e. The molecule has 6 nitrogen and oxygen atoms in total. The van der Waals surface area contributed by atoms with E-state index in [0.717, 1.165) is 58.3 Å². The van der Waals surface area contributed by atoms with E-state index in [1.165, 1.54) is 25.9 Å². The number of ether oxygens (including phenoxy) is 2. The highest BCUT2D eigenvalue weighted by atomic mass is 16.5. The van der Waals surface area contributed by atoms with Gasteiger partial charge in [0.2, 0.25) is 0 Å². The number of likely N-dealkylation sites (tertiary alicyclic amines) is 1. The summed E-state index contributed by atoms with van der Waals surface area (Å²) in [5, 5.41) is 6.71. The van der Waals surface area contributed by atoms with Crippen molar-refractivity contribution in [1.82, 2.24) is 15.5 Å². The van der Waals surface area contributed by atoms with Crippen molar-refractivity contribution in [2.45, 2.75) is 45.1 Å². The Labute approximate surface area is 141 Å². The van der Waals surface area contributed by atoms with E-state index in [4.69, 9.17) is 14.5 Å². The van der Waals surface area contributed by atoms with E-state index in [2.05, 4.69) is 22.5 Å². The molecular weight excluding hydrogens is 292 g/mol. The summed E-state index contributed by atoms with van der Waals surface area (Å²) >= 11 is 0. The Balaban J connectivity index is 1.94. The van der Waals surface area contributed by atoms with Gasteiger partial charge in [0.05, 0.1) is 13.2 Å². The third-order valence-corrected chi connectivity index (χ3v) is 4.82. The molecule has 0 atom stereocenters. The number of aliphatic imine (C=N–C) groups is 1. The van der Waals surface area contributed by atoms with Crippen LogP contribution in [0.3, 0.4) is 0 Å². The van der Waals surface area contributed by atoms with Crippen molar-refractivity contribution in [1.29, 1.82) is 0 Å². The first-order valence-electron chi connectivity index (χ1n) is 9.23. The predicted molar refractivity (Wildman–Crippen MR) is 94.1 cm³/mol. The van der Waals surface area contributed by atoms with Crippen LogP contribution in [0.4, 0.5) is 0 Å². The number of hydrogen-bond donors (Lipinski definition) is 2. The Morgan fingerprint density at radius 2 is 1.91 bits per heavy atom. The van der Waals surface area contributed by atoms with E-state index in [1.807, 2.05) is 6.92 Å². The van der Waals surface area contributed by atoms with Gasteiger partial charge in [0.1, 0.15) is 0 Å². The van der Waals surface area contributed by atoms with E-state index in [-0.39, 0.29) is 5.54 Å². The number of hydrogen-bond acceptors (Lipinski definition) is 4. The minimum atomic E-state index is 0.191. The molecule has 2 saturated heterocycles. The second-order valence-corrected chi connectivity index (χ2v) is 6.35. The largest absolute Gasteiger partial charge is 0.381 e. The fraction of sp³-hybridized carbons (Fsp3) is 0.941. The molecule has 0 amide bonds. The summed E-state index contributed by atoms with van der Waals surface area (Å²) in [5.74, 6) is 0.900. The molecule has 0 saturated carbocycles. The van der Waals surface area contributed by atoms with Crippen LogP contribution in [0, 0.1) is 0 Å². The highest BCUT2D eigenvalue weighted by Crippen LogP contribution is 2.31. The number of rotatable bonds is 8. The van der Waals surface area contributed by atoms with Gasteiger partial charge in [-0.3, -0.25) is 9.89 Å². The van der Waals surface area contributed by atoms with Crippen LogP contribution in [-0.4, -0.2) is 75.5 Å².